The Morgan fingerprint density at radius 1 is 1.55 bits per heavy atom. The molecule has 2 rings (SSSR count). The molecule has 1 aliphatic rings. The smallest absolute Gasteiger partial charge is 0.156 e. The monoisotopic (exact) mass is 278 g/mol. The summed E-state index contributed by atoms with van der Waals surface area (Å²) in [5.74, 6) is 1.09. The van der Waals surface area contributed by atoms with Crippen LogP contribution < -0.4 is 10.5 Å². The molecule has 0 aromatic carbocycles. The number of nitrogens with zero attached hydrogens (tertiary/aromatic N) is 3. The third-order valence-electron chi connectivity index (χ3n) is 3.65. The van der Waals surface area contributed by atoms with E-state index in [9.17, 15) is 0 Å². The van der Waals surface area contributed by atoms with Crippen molar-refractivity contribution in [3.05, 3.63) is 23.5 Å². The van der Waals surface area contributed by atoms with Gasteiger partial charge >= 0.3 is 0 Å². The molecule has 1 aromatic rings. The Hall–Kier alpha value is -1.82. The summed E-state index contributed by atoms with van der Waals surface area (Å²) in [5.41, 5.74) is 7.66. The zero-order valence-corrected chi connectivity index (χ0v) is 12.0. The molecule has 20 heavy (non-hydrogen) atoms. The molecule has 2 heterocycles. The molecule has 0 radical (unpaired) electrons. The fourth-order valence-electron chi connectivity index (χ4n) is 2.69. The van der Waals surface area contributed by atoms with E-state index in [0.717, 1.165) is 42.9 Å². The number of amidine groups is 1. The number of piperidine rings is 1. The third-order valence-corrected chi connectivity index (χ3v) is 3.65. The highest BCUT2D eigenvalue weighted by Gasteiger charge is 2.26. The van der Waals surface area contributed by atoms with E-state index < -0.39 is 0 Å². The van der Waals surface area contributed by atoms with Gasteiger partial charge in [0.15, 0.2) is 5.84 Å². The summed E-state index contributed by atoms with van der Waals surface area (Å²) in [7, 11) is 1.65. The van der Waals surface area contributed by atoms with Gasteiger partial charge in [-0.1, -0.05) is 11.6 Å². The van der Waals surface area contributed by atoms with Crippen LogP contribution in [0.25, 0.3) is 0 Å². The molecule has 1 atom stereocenters. The Kier molecular flexibility index (Phi) is 4.79. The minimum absolute atomic E-state index is 0.0120. The van der Waals surface area contributed by atoms with Gasteiger partial charge in [-0.25, -0.2) is 0 Å². The van der Waals surface area contributed by atoms with E-state index in [1.807, 2.05) is 19.1 Å². The highest BCUT2D eigenvalue weighted by atomic mass is 16.5. The Morgan fingerprint density at radius 2 is 2.35 bits per heavy atom. The molecule has 3 N–H and O–H groups in total. The van der Waals surface area contributed by atoms with Crippen LogP contribution in [-0.4, -0.2) is 40.6 Å². The maximum Gasteiger partial charge on any atom is 0.156 e. The number of hydrogen-bond acceptors (Lipinski definition) is 5. The fourth-order valence-corrected chi connectivity index (χ4v) is 2.69. The lowest BCUT2D eigenvalue weighted by Gasteiger charge is -2.34. The molecule has 0 saturated carbocycles. The molecule has 0 spiro atoms. The van der Waals surface area contributed by atoms with Crippen molar-refractivity contribution in [2.45, 2.75) is 38.8 Å². The van der Waals surface area contributed by atoms with Gasteiger partial charge in [-0.2, -0.15) is 0 Å². The van der Waals surface area contributed by atoms with Crippen molar-refractivity contribution in [3.8, 4) is 5.75 Å². The SMILES string of the molecule is COc1cc(C)nc(CN2CCCCC2/C(N)=N/O)c1. The number of pyridine rings is 1. The van der Waals surface area contributed by atoms with Gasteiger partial charge in [-0.15, -0.1) is 0 Å². The molecule has 6 nitrogen and oxygen atoms in total. The number of oxime groups is 1. The number of hydrogen-bond donors (Lipinski definition) is 2. The first-order valence-corrected chi connectivity index (χ1v) is 6.87. The van der Waals surface area contributed by atoms with E-state index in [-0.39, 0.29) is 11.9 Å². The van der Waals surface area contributed by atoms with Crippen LogP contribution in [0.5, 0.6) is 5.75 Å². The summed E-state index contributed by atoms with van der Waals surface area (Å²) in [5, 5.41) is 12.1. The van der Waals surface area contributed by atoms with Crippen molar-refractivity contribution in [1.82, 2.24) is 9.88 Å². The Morgan fingerprint density at radius 3 is 3.05 bits per heavy atom. The van der Waals surface area contributed by atoms with Crippen molar-refractivity contribution in [2.24, 2.45) is 10.9 Å². The second-order valence-electron chi connectivity index (χ2n) is 5.15. The van der Waals surface area contributed by atoms with Gasteiger partial charge in [0.1, 0.15) is 5.75 Å². The molecule has 0 bridgehead atoms. The number of rotatable bonds is 4. The van der Waals surface area contributed by atoms with Crippen LogP contribution in [-0.2, 0) is 6.54 Å². The molecule has 6 heteroatoms. The van der Waals surface area contributed by atoms with Gasteiger partial charge in [-0.05, 0) is 26.3 Å². The van der Waals surface area contributed by atoms with Gasteiger partial charge in [0, 0.05) is 24.4 Å². The summed E-state index contributed by atoms with van der Waals surface area (Å²) in [6.07, 6.45) is 3.14. The molecule has 1 aromatic heterocycles. The quantitative estimate of drug-likeness (QED) is 0.377. The average Bonchev–Trinajstić information content (AvgIpc) is 2.46. The van der Waals surface area contributed by atoms with Gasteiger partial charge in [0.25, 0.3) is 0 Å². The van der Waals surface area contributed by atoms with Crippen LogP contribution in [0.2, 0.25) is 0 Å². The Bertz CT molecular complexity index is 490. The maximum absolute atomic E-state index is 8.90. The van der Waals surface area contributed by atoms with Gasteiger partial charge in [0.2, 0.25) is 0 Å². The van der Waals surface area contributed by atoms with Crippen LogP contribution in [0.4, 0.5) is 0 Å². The largest absolute Gasteiger partial charge is 0.497 e. The van der Waals surface area contributed by atoms with Crippen LogP contribution >= 0.6 is 0 Å². The number of nitrogens with two attached hydrogens (primary N) is 1. The lowest BCUT2D eigenvalue weighted by atomic mass is 10.0. The van der Waals surface area contributed by atoms with E-state index in [1.54, 1.807) is 7.11 Å². The first-order valence-electron chi connectivity index (χ1n) is 6.87. The number of aryl methyl sites for hydroxylation is 1. The van der Waals surface area contributed by atoms with E-state index in [2.05, 4.69) is 15.0 Å². The van der Waals surface area contributed by atoms with E-state index >= 15 is 0 Å². The predicted octanol–water partition coefficient (Wildman–Crippen LogP) is 1.50. The number of methoxy groups -OCH3 is 1. The van der Waals surface area contributed by atoms with E-state index in [1.165, 1.54) is 0 Å². The molecule has 0 aliphatic carbocycles. The minimum Gasteiger partial charge on any atom is -0.497 e. The van der Waals surface area contributed by atoms with Crippen molar-refractivity contribution < 1.29 is 9.94 Å². The molecule has 1 unspecified atom stereocenters. The van der Waals surface area contributed by atoms with E-state index in [0.29, 0.717) is 6.54 Å². The number of ether oxygens (including phenoxy) is 1. The second-order valence-corrected chi connectivity index (χ2v) is 5.15. The molecule has 1 aliphatic heterocycles. The summed E-state index contributed by atoms with van der Waals surface area (Å²) in [6, 6.07) is 3.83. The normalized spacial score (nSPS) is 20.9. The summed E-state index contributed by atoms with van der Waals surface area (Å²) in [6.45, 7) is 3.56. The topological polar surface area (TPSA) is 84.0 Å². The number of aromatic nitrogens is 1. The molecular weight excluding hydrogens is 256 g/mol. The molecular formula is C14H22N4O2. The van der Waals surface area contributed by atoms with Gasteiger partial charge in [0.05, 0.1) is 18.8 Å². The Labute approximate surface area is 119 Å². The Balaban J connectivity index is 2.16. The van der Waals surface area contributed by atoms with Crippen molar-refractivity contribution in [1.29, 1.82) is 0 Å². The molecule has 1 saturated heterocycles. The van der Waals surface area contributed by atoms with Crippen LogP contribution in [0.3, 0.4) is 0 Å². The van der Waals surface area contributed by atoms with E-state index in [4.69, 9.17) is 15.7 Å². The average molecular weight is 278 g/mol. The zero-order valence-electron chi connectivity index (χ0n) is 12.0. The lowest BCUT2D eigenvalue weighted by Crippen LogP contribution is -2.47. The zero-order chi connectivity index (χ0) is 14.5. The molecule has 0 amide bonds. The summed E-state index contributed by atoms with van der Waals surface area (Å²) < 4.78 is 5.27. The third kappa shape index (κ3) is 3.39. The lowest BCUT2D eigenvalue weighted by molar-refractivity contribution is 0.176. The first-order chi connectivity index (χ1) is 9.63. The number of likely N-dealkylation sites (tertiary alicyclic amines) is 1. The van der Waals surface area contributed by atoms with Crippen LogP contribution in [0.1, 0.15) is 30.7 Å². The summed E-state index contributed by atoms with van der Waals surface area (Å²) in [4.78, 5) is 6.74. The highest BCUT2D eigenvalue weighted by molar-refractivity contribution is 5.85. The van der Waals surface area contributed by atoms with Gasteiger partial charge in [-0.3, -0.25) is 9.88 Å². The fraction of sp³-hybridized carbons (Fsp3) is 0.571. The minimum atomic E-state index is -0.0120. The molecule has 1 fully saturated rings. The van der Waals surface area contributed by atoms with Crippen molar-refractivity contribution in [2.75, 3.05) is 13.7 Å². The van der Waals surface area contributed by atoms with Crippen LogP contribution in [0, 0.1) is 6.92 Å². The molecule has 110 valence electrons. The van der Waals surface area contributed by atoms with Crippen molar-refractivity contribution in [3.63, 3.8) is 0 Å². The maximum atomic E-state index is 8.90. The standard InChI is InChI=1S/C14H22N4O2/c1-10-7-12(20-2)8-11(16-10)9-18-6-4-3-5-13(18)14(15)17-19/h7-8,13,19H,3-6,9H2,1-2H3,(H2,15,17). The summed E-state index contributed by atoms with van der Waals surface area (Å²) >= 11 is 0. The second kappa shape index (κ2) is 6.56. The van der Waals surface area contributed by atoms with Gasteiger partial charge < -0.3 is 15.7 Å². The first kappa shape index (κ1) is 14.6. The van der Waals surface area contributed by atoms with Crippen LogP contribution in [0.15, 0.2) is 17.3 Å². The highest BCUT2D eigenvalue weighted by Crippen LogP contribution is 2.21. The predicted molar refractivity (Wildman–Crippen MR) is 77.0 cm³/mol. The van der Waals surface area contributed by atoms with Crippen molar-refractivity contribution >= 4 is 5.84 Å².